The summed E-state index contributed by atoms with van der Waals surface area (Å²) in [4.78, 5) is 17.1. The van der Waals surface area contributed by atoms with Crippen LogP contribution in [0.1, 0.15) is 29.8 Å². The molecule has 0 radical (unpaired) electrons. The molecule has 0 atom stereocenters. The van der Waals surface area contributed by atoms with E-state index in [1.54, 1.807) is 14.0 Å². The highest BCUT2D eigenvalue weighted by atomic mass is 32.1. The van der Waals surface area contributed by atoms with Crippen LogP contribution in [0.5, 0.6) is 5.75 Å². The van der Waals surface area contributed by atoms with Gasteiger partial charge < -0.3 is 20.1 Å². The maximum atomic E-state index is 12.4. The summed E-state index contributed by atoms with van der Waals surface area (Å²) in [5, 5.41) is 11.8. The van der Waals surface area contributed by atoms with E-state index in [1.807, 2.05) is 38.1 Å². The molecule has 0 unspecified atom stereocenters. The van der Waals surface area contributed by atoms with E-state index in [1.165, 1.54) is 10.9 Å². The summed E-state index contributed by atoms with van der Waals surface area (Å²) in [6, 6.07) is 7.65. The zero-order valence-electron chi connectivity index (χ0n) is 16.8. The molecule has 3 aromatic rings. The van der Waals surface area contributed by atoms with Crippen LogP contribution >= 0.6 is 12.2 Å². The number of pyridine rings is 1. The number of nitrogens with one attached hydrogen (secondary N) is 2. The molecule has 9 heteroatoms. The number of aromatic nitrogens is 3. The van der Waals surface area contributed by atoms with Crippen LogP contribution in [0.15, 0.2) is 30.5 Å². The number of rotatable bonds is 6. The Hall–Kier alpha value is -3.20. The fraction of sp³-hybridized carbons (Fsp3) is 0.300. The molecule has 0 fully saturated rings. The van der Waals surface area contributed by atoms with Gasteiger partial charge in [0.05, 0.1) is 19.9 Å². The average Bonchev–Trinajstić information content (AvgIpc) is 3.11. The Kier molecular flexibility index (Phi) is 6.28. The Labute approximate surface area is 174 Å². The maximum Gasteiger partial charge on any atom is 0.343 e. The number of benzene rings is 1. The van der Waals surface area contributed by atoms with Crippen LogP contribution in [-0.4, -0.2) is 46.1 Å². The van der Waals surface area contributed by atoms with Crippen molar-refractivity contribution in [3.63, 3.8) is 0 Å². The predicted molar refractivity (Wildman–Crippen MR) is 116 cm³/mol. The Bertz CT molecular complexity index is 1060. The van der Waals surface area contributed by atoms with Crippen LogP contribution in [0.2, 0.25) is 0 Å². The van der Waals surface area contributed by atoms with Crippen LogP contribution in [0, 0.1) is 6.92 Å². The molecule has 3 rings (SSSR count). The van der Waals surface area contributed by atoms with Gasteiger partial charge in [0.2, 0.25) is 0 Å². The summed E-state index contributed by atoms with van der Waals surface area (Å²) in [5.41, 5.74) is 1.97. The number of ether oxygens (including phenoxy) is 2. The molecule has 0 aliphatic heterocycles. The van der Waals surface area contributed by atoms with Gasteiger partial charge in [-0.2, -0.15) is 9.78 Å². The summed E-state index contributed by atoms with van der Waals surface area (Å²) in [6.07, 6.45) is 1.44. The average molecular weight is 414 g/mol. The summed E-state index contributed by atoms with van der Waals surface area (Å²) < 4.78 is 12.2. The van der Waals surface area contributed by atoms with Gasteiger partial charge in [-0.05, 0) is 50.7 Å². The first kappa shape index (κ1) is 20.5. The lowest BCUT2D eigenvalue weighted by atomic mass is 10.1. The fourth-order valence-electron chi connectivity index (χ4n) is 2.96. The molecule has 29 heavy (non-hydrogen) atoms. The molecular formula is C20H23N5O3S. The van der Waals surface area contributed by atoms with Crippen molar-refractivity contribution < 1.29 is 14.3 Å². The minimum Gasteiger partial charge on any atom is -0.494 e. The molecule has 0 amide bonds. The van der Waals surface area contributed by atoms with E-state index in [9.17, 15) is 4.79 Å². The van der Waals surface area contributed by atoms with Gasteiger partial charge in [-0.25, -0.2) is 9.78 Å². The minimum atomic E-state index is -0.490. The molecule has 0 saturated carbocycles. The second kappa shape index (κ2) is 8.87. The molecule has 0 saturated heterocycles. The molecule has 1 aromatic carbocycles. The highest BCUT2D eigenvalue weighted by molar-refractivity contribution is 7.80. The molecule has 0 aliphatic carbocycles. The molecular weight excluding hydrogens is 390 g/mol. The van der Waals surface area contributed by atoms with E-state index >= 15 is 0 Å². The van der Waals surface area contributed by atoms with Crippen LogP contribution in [-0.2, 0) is 4.74 Å². The Morgan fingerprint density at radius 2 is 2.10 bits per heavy atom. The monoisotopic (exact) mass is 413 g/mol. The lowest BCUT2D eigenvalue weighted by Gasteiger charge is -2.14. The van der Waals surface area contributed by atoms with Gasteiger partial charge in [-0.15, -0.1) is 0 Å². The summed E-state index contributed by atoms with van der Waals surface area (Å²) in [5.74, 6) is 1.07. The van der Waals surface area contributed by atoms with E-state index in [0.717, 1.165) is 10.9 Å². The van der Waals surface area contributed by atoms with E-state index in [-0.39, 0.29) is 12.2 Å². The zero-order chi connectivity index (χ0) is 21.0. The Morgan fingerprint density at radius 3 is 2.79 bits per heavy atom. The molecule has 2 aromatic heterocycles. The number of hydrogen-bond acceptors (Lipinski definition) is 6. The van der Waals surface area contributed by atoms with Crippen molar-refractivity contribution in [2.75, 3.05) is 25.6 Å². The molecule has 0 aliphatic rings. The SMILES string of the molecule is CCNC(=S)Nc1c(C(=O)OCC)cnn1-c1cc(C)c2cccc(OC)c2n1. The standard InChI is InChI=1S/C20H23N5O3S/c1-5-21-20(29)24-18-14(19(26)28-6-2)11-22-25(18)16-10-12(3)13-8-7-9-15(27-4)17(13)23-16/h7-11H,5-6H2,1-4H3,(H2,21,24,29). The number of anilines is 1. The van der Waals surface area contributed by atoms with Crippen LogP contribution < -0.4 is 15.4 Å². The van der Waals surface area contributed by atoms with Crippen molar-refractivity contribution in [2.24, 2.45) is 0 Å². The van der Waals surface area contributed by atoms with E-state index in [0.29, 0.717) is 34.6 Å². The smallest absolute Gasteiger partial charge is 0.343 e. The molecule has 2 heterocycles. The van der Waals surface area contributed by atoms with Crippen molar-refractivity contribution in [3.05, 3.63) is 41.6 Å². The third-order valence-electron chi connectivity index (χ3n) is 4.27. The Balaban J connectivity index is 2.17. The molecule has 0 spiro atoms. The molecule has 8 nitrogen and oxygen atoms in total. The second-order valence-corrected chi connectivity index (χ2v) is 6.59. The van der Waals surface area contributed by atoms with Gasteiger partial charge in [0.25, 0.3) is 0 Å². The third kappa shape index (κ3) is 4.14. The number of hydrogen-bond donors (Lipinski definition) is 2. The number of methoxy groups -OCH3 is 1. The molecule has 0 bridgehead atoms. The predicted octanol–water partition coefficient (Wildman–Crippen LogP) is 3.22. The van der Waals surface area contributed by atoms with E-state index < -0.39 is 5.97 Å². The first-order valence-electron chi connectivity index (χ1n) is 9.24. The Morgan fingerprint density at radius 1 is 1.31 bits per heavy atom. The molecule has 2 N–H and O–H groups in total. The number of thiocarbonyl (C=S) groups is 1. The second-order valence-electron chi connectivity index (χ2n) is 6.18. The van der Waals surface area contributed by atoms with Gasteiger partial charge in [0, 0.05) is 11.9 Å². The summed E-state index contributed by atoms with van der Waals surface area (Å²) >= 11 is 5.31. The van der Waals surface area contributed by atoms with Gasteiger partial charge in [-0.3, -0.25) is 0 Å². The number of carbonyl (C=O) groups is 1. The number of nitrogens with zero attached hydrogens (tertiary/aromatic N) is 3. The van der Waals surface area contributed by atoms with Crippen LogP contribution in [0.4, 0.5) is 5.82 Å². The highest BCUT2D eigenvalue weighted by Crippen LogP contribution is 2.29. The number of aryl methyl sites for hydroxylation is 1. The van der Waals surface area contributed by atoms with Crippen LogP contribution in [0.3, 0.4) is 0 Å². The summed E-state index contributed by atoms with van der Waals surface area (Å²) in [6.45, 7) is 6.56. The highest BCUT2D eigenvalue weighted by Gasteiger charge is 2.22. The van der Waals surface area contributed by atoms with Gasteiger partial charge in [-0.1, -0.05) is 12.1 Å². The van der Waals surface area contributed by atoms with Crippen LogP contribution in [0.25, 0.3) is 16.7 Å². The number of carbonyl (C=O) groups excluding carboxylic acids is 1. The van der Waals surface area contributed by atoms with Gasteiger partial charge in [0.1, 0.15) is 16.8 Å². The largest absolute Gasteiger partial charge is 0.494 e. The quantitative estimate of drug-likeness (QED) is 0.470. The number of fused-ring (bicyclic) bond motifs is 1. The third-order valence-corrected chi connectivity index (χ3v) is 4.51. The van der Waals surface area contributed by atoms with Gasteiger partial charge >= 0.3 is 5.97 Å². The normalized spacial score (nSPS) is 10.6. The number of para-hydroxylation sites is 1. The molecule has 152 valence electrons. The van der Waals surface area contributed by atoms with Crippen molar-refractivity contribution in [1.82, 2.24) is 20.1 Å². The first-order valence-corrected chi connectivity index (χ1v) is 9.65. The minimum absolute atomic E-state index is 0.256. The first-order chi connectivity index (χ1) is 14.0. The van der Waals surface area contributed by atoms with Gasteiger partial charge in [0.15, 0.2) is 16.7 Å². The van der Waals surface area contributed by atoms with Crippen molar-refractivity contribution in [2.45, 2.75) is 20.8 Å². The van der Waals surface area contributed by atoms with Crippen molar-refractivity contribution in [3.8, 4) is 11.6 Å². The maximum absolute atomic E-state index is 12.4. The number of esters is 1. The topological polar surface area (TPSA) is 90.3 Å². The van der Waals surface area contributed by atoms with E-state index in [4.69, 9.17) is 26.7 Å². The fourth-order valence-corrected chi connectivity index (χ4v) is 3.20. The van der Waals surface area contributed by atoms with E-state index in [2.05, 4.69) is 15.7 Å². The van der Waals surface area contributed by atoms with Crippen molar-refractivity contribution >= 4 is 40.0 Å². The lowest BCUT2D eigenvalue weighted by Crippen LogP contribution is -2.29. The lowest BCUT2D eigenvalue weighted by molar-refractivity contribution is 0.0527. The summed E-state index contributed by atoms with van der Waals surface area (Å²) in [7, 11) is 1.60. The van der Waals surface area contributed by atoms with Crippen molar-refractivity contribution in [1.29, 1.82) is 0 Å². The zero-order valence-corrected chi connectivity index (χ0v) is 17.6.